The maximum atomic E-state index is 5.81. The van der Waals surface area contributed by atoms with Crippen molar-refractivity contribution in [3.05, 3.63) is 0 Å². The molecule has 0 saturated carbocycles. The molecule has 96 valence electrons. The van der Waals surface area contributed by atoms with E-state index in [-0.39, 0.29) is 5.54 Å². The van der Waals surface area contributed by atoms with Crippen LogP contribution in [0, 0.1) is 0 Å². The Labute approximate surface area is 100 Å². The maximum Gasteiger partial charge on any atom is 0.0576 e. The van der Waals surface area contributed by atoms with Gasteiger partial charge in [-0.05, 0) is 52.6 Å². The van der Waals surface area contributed by atoms with E-state index in [2.05, 4.69) is 25.7 Å². The van der Waals surface area contributed by atoms with E-state index < -0.39 is 0 Å². The first-order valence-electron chi connectivity index (χ1n) is 6.67. The fourth-order valence-corrected chi connectivity index (χ4v) is 2.40. The molecule has 0 bridgehead atoms. The van der Waals surface area contributed by atoms with E-state index in [1.807, 2.05) is 0 Å². The van der Waals surface area contributed by atoms with Crippen molar-refractivity contribution in [2.75, 3.05) is 26.2 Å². The summed E-state index contributed by atoms with van der Waals surface area (Å²) in [6.45, 7) is 10.6. The van der Waals surface area contributed by atoms with Crippen LogP contribution in [0.2, 0.25) is 0 Å². The third-order valence-corrected chi connectivity index (χ3v) is 3.72. The summed E-state index contributed by atoms with van der Waals surface area (Å²) in [4.78, 5) is 2.47. The van der Waals surface area contributed by atoms with Crippen LogP contribution < -0.4 is 5.73 Å². The molecule has 1 unspecified atom stereocenters. The highest BCUT2D eigenvalue weighted by Gasteiger charge is 2.23. The molecule has 1 aliphatic heterocycles. The molecule has 3 heteroatoms. The first kappa shape index (κ1) is 13.9. The zero-order valence-electron chi connectivity index (χ0n) is 11.2. The second-order valence-electron chi connectivity index (χ2n) is 5.37. The minimum absolute atomic E-state index is 0.130. The fourth-order valence-electron chi connectivity index (χ4n) is 2.40. The lowest BCUT2D eigenvalue weighted by atomic mass is 10.0. The van der Waals surface area contributed by atoms with Crippen molar-refractivity contribution in [3.8, 4) is 0 Å². The molecule has 3 nitrogen and oxygen atoms in total. The van der Waals surface area contributed by atoms with Gasteiger partial charge >= 0.3 is 0 Å². The molecule has 0 aliphatic carbocycles. The van der Waals surface area contributed by atoms with Crippen LogP contribution >= 0.6 is 0 Å². The molecule has 1 atom stereocenters. The Kier molecular flexibility index (Phi) is 5.73. The second kappa shape index (κ2) is 6.58. The molecular weight excluding hydrogens is 200 g/mol. The second-order valence-corrected chi connectivity index (χ2v) is 5.37. The third kappa shape index (κ3) is 4.04. The summed E-state index contributed by atoms with van der Waals surface area (Å²) in [6.07, 6.45) is 5.46. The lowest BCUT2D eigenvalue weighted by Gasteiger charge is -2.37. The van der Waals surface area contributed by atoms with Crippen LogP contribution in [0.4, 0.5) is 0 Å². The average molecular weight is 228 g/mol. The average Bonchev–Trinajstić information content (AvgIpc) is 2.77. The van der Waals surface area contributed by atoms with E-state index >= 15 is 0 Å². The zero-order chi connectivity index (χ0) is 12.0. The molecule has 1 heterocycles. The standard InChI is InChI=1S/C13H28N2O/c1-4-15(13(2,3)11-14)9-5-7-12-8-6-10-16-12/h12H,4-11,14H2,1-3H3. The topological polar surface area (TPSA) is 38.5 Å². The van der Waals surface area contributed by atoms with Crippen molar-refractivity contribution in [2.45, 2.75) is 58.1 Å². The summed E-state index contributed by atoms with van der Waals surface area (Å²) >= 11 is 0. The number of rotatable bonds is 7. The first-order chi connectivity index (χ1) is 7.60. The van der Waals surface area contributed by atoms with Crippen LogP contribution in [0.5, 0.6) is 0 Å². The van der Waals surface area contributed by atoms with Gasteiger partial charge in [0.25, 0.3) is 0 Å². The van der Waals surface area contributed by atoms with Gasteiger partial charge in [0.15, 0.2) is 0 Å². The van der Waals surface area contributed by atoms with Gasteiger partial charge < -0.3 is 10.5 Å². The fraction of sp³-hybridized carbons (Fsp3) is 1.00. The summed E-state index contributed by atoms with van der Waals surface area (Å²) in [5.74, 6) is 0. The molecule has 1 rings (SSSR count). The number of nitrogens with two attached hydrogens (primary N) is 1. The Morgan fingerprint density at radius 3 is 2.69 bits per heavy atom. The Bertz CT molecular complexity index is 188. The summed E-state index contributed by atoms with van der Waals surface area (Å²) in [6, 6.07) is 0. The van der Waals surface area contributed by atoms with Crippen molar-refractivity contribution in [2.24, 2.45) is 5.73 Å². The van der Waals surface area contributed by atoms with Crippen molar-refractivity contribution in [1.29, 1.82) is 0 Å². The van der Waals surface area contributed by atoms with Crippen molar-refractivity contribution in [1.82, 2.24) is 4.90 Å². The monoisotopic (exact) mass is 228 g/mol. The smallest absolute Gasteiger partial charge is 0.0576 e. The molecule has 0 radical (unpaired) electrons. The van der Waals surface area contributed by atoms with Gasteiger partial charge in [-0.2, -0.15) is 0 Å². The molecule has 0 aromatic carbocycles. The van der Waals surface area contributed by atoms with Gasteiger partial charge in [0.2, 0.25) is 0 Å². The summed E-state index contributed by atoms with van der Waals surface area (Å²) in [5, 5.41) is 0. The van der Waals surface area contributed by atoms with Gasteiger partial charge in [-0.1, -0.05) is 6.92 Å². The lowest BCUT2D eigenvalue weighted by molar-refractivity contribution is 0.0878. The van der Waals surface area contributed by atoms with Crippen molar-refractivity contribution < 1.29 is 4.74 Å². The molecule has 1 aliphatic rings. The quantitative estimate of drug-likeness (QED) is 0.724. The van der Waals surface area contributed by atoms with E-state index in [0.717, 1.165) is 26.2 Å². The normalized spacial score (nSPS) is 21.9. The maximum absolute atomic E-state index is 5.81. The van der Waals surface area contributed by atoms with E-state index in [1.165, 1.54) is 25.7 Å². The van der Waals surface area contributed by atoms with Gasteiger partial charge in [-0.3, -0.25) is 4.90 Å². The molecule has 0 amide bonds. The first-order valence-corrected chi connectivity index (χ1v) is 6.67. The molecule has 0 spiro atoms. The van der Waals surface area contributed by atoms with Crippen LogP contribution in [0.1, 0.15) is 46.5 Å². The largest absolute Gasteiger partial charge is 0.378 e. The van der Waals surface area contributed by atoms with Gasteiger partial charge in [-0.15, -0.1) is 0 Å². The van der Waals surface area contributed by atoms with E-state index in [4.69, 9.17) is 10.5 Å². The van der Waals surface area contributed by atoms with Crippen molar-refractivity contribution >= 4 is 0 Å². The molecule has 2 N–H and O–H groups in total. The highest BCUT2D eigenvalue weighted by Crippen LogP contribution is 2.19. The number of hydrogen-bond donors (Lipinski definition) is 1. The highest BCUT2D eigenvalue weighted by atomic mass is 16.5. The number of ether oxygens (including phenoxy) is 1. The Hall–Kier alpha value is -0.120. The van der Waals surface area contributed by atoms with Crippen LogP contribution in [-0.4, -0.2) is 42.8 Å². The lowest BCUT2D eigenvalue weighted by Crippen LogP contribution is -2.49. The van der Waals surface area contributed by atoms with E-state index in [9.17, 15) is 0 Å². The van der Waals surface area contributed by atoms with Crippen molar-refractivity contribution in [3.63, 3.8) is 0 Å². The highest BCUT2D eigenvalue weighted by molar-refractivity contribution is 4.81. The zero-order valence-corrected chi connectivity index (χ0v) is 11.2. The van der Waals surface area contributed by atoms with Gasteiger partial charge in [0.1, 0.15) is 0 Å². The summed E-state index contributed by atoms with van der Waals surface area (Å²) in [5.41, 5.74) is 5.94. The Balaban J connectivity index is 2.22. The minimum Gasteiger partial charge on any atom is -0.378 e. The summed E-state index contributed by atoms with van der Waals surface area (Å²) in [7, 11) is 0. The predicted molar refractivity (Wildman–Crippen MR) is 68.6 cm³/mol. The number of hydrogen-bond acceptors (Lipinski definition) is 3. The van der Waals surface area contributed by atoms with Gasteiger partial charge in [0, 0.05) is 18.7 Å². The van der Waals surface area contributed by atoms with E-state index in [0.29, 0.717) is 6.10 Å². The molecule has 0 aromatic heterocycles. The molecule has 1 fully saturated rings. The van der Waals surface area contributed by atoms with Gasteiger partial charge in [0.05, 0.1) is 6.10 Å². The van der Waals surface area contributed by atoms with Gasteiger partial charge in [-0.25, -0.2) is 0 Å². The number of likely N-dealkylation sites (N-methyl/N-ethyl adjacent to an activating group) is 1. The van der Waals surface area contributed by atoms with E-state index in [1.54, 1.807) is 0 Å². The SMILES string of the molecule is CCN(CCCC1CCCO1)C(C)(C)CN. The van der Waals surface area contributed by atoms with Crippen LogP contribution in [0.25, 0.3) is 0 Å². The Morgan fingerprint density at radius 1 is 1.44 bits per heavy atom. The number of nitrogens with zero attached hydrogens (tertiary/aromatic N) is 1. The van der Waals surface area contributed by atoms with Crippen LogP contribution in [0.3, 0.4) is 0 Å². The minimum atomic E-state index is 0.130. The predicted octanol–water partition coefficient (Wildman–Crippen LogP) is 2.00. The van der Waals surface area contributed by atoms with Crippen LogP contribution in [0.15, 0.2) is 0 Å². The Morgan fingerprint density at radius 2 is 2.19 bits per heavy atom. The molecule has 0 aromatic rings. The molecule has 16 heavy (non-hydrogen) atoms. The summed E-state index contributed by atoms with van der Waals surface area (Å²) < 4.78 is 5.64. The third-order valence-electron chi connectivity index (χ3n) is 3.72. The molecular formula is C13H28N2O. The van der Waals surface area contributed by atoms with Crippen LogP contribution in [-0.2, 0) is 4.74 Å². The molecule has 1 saturated heterocycles.